The number of hydrogen-bond acceptors (Lipinski definition) is 5. The van der Waals surface area contributed by atoms with E-state index in [-0.39, 0.29) is 12.1 Å². The summed E-state index contributed by atoms with van der Waals surface area (Å²) in [5.74, 6) is 0. The Morgan fingerprint density at radius 1 is 1.39 bits per heavy atom. The van der Waals surface area contributed by atoms with Crippen LogP contribution in [0, 0.1) is 6.92 Å². The summed E-state index contributed by atoms with van der Waals surface area (Å²) in [4.78, 5) is 16.4. The molecule has 0 aliphatic heterocycles. The smallest absolute Gasteiger partial charge is 0.407 e. The van der Waals surface area contributed by atoms with Gasteiger partial charge in [-0.25, -0.2) is 9.78 Å². The third-order valence-corrected chi connectivity index (χ3v) is 4.70. The number of aromatic nitrogens is 1. The second-order valence-corrected chi connectivity index (χ2v) is 8.33. The van der Waals surface area contributed by atoms with Crippen molar-refractivity contribution < 1.29 is 9.53 Å². The van der Waals surface area contributed by atoms with Gasteiger partial charge in [-0.3, -0.25) is 0 Å². The van der Waals surface area contributed by atoms with E-state index in [2.05, 4.69) is 21.0 Å². The van der Waals surface area contributed by atoms with E-state index >= 15 is 0 Å². The van der Waals surface area contributed by atoms with Gasteiger partial charge < -0.3 is 15.4 Å². The molecule has 0 saturated heterocycles. The lowest BCUT2D eigenvalue weighted by molar-refractivity contribution is 0.0489. The Kier molecular flexibility index (Phi) is 6.41. The van der Waals surface area contributed by atoms with Gasteiger partial charge in [0, 0.05) is 30.4 Å². The Bertz CT molecular complexity index is 510. The van der Waals surface area contributed by atoms with Crippen LogP contribution in [-0.2, 0) is 11.2 Å². The van der Waals surface area contributed by atoms with E-state index < -0.39 is 5.60 Å². The van der Waals surface area contributed by atoms with Crippen molar-refractivity contribution in [3.05, 3.63) is 16.1 Å². The Balaban J connectivity index is 1.69. The Morgan fingerprint density at radius 3 is 2.78 bits per heavy atom. The molecule has 6 heteroatoms. The van der Waals surface area contributed by atoms with E-state index in [0.29, 0.717) is 6.04 Å². The van der Waals surface area contributed by atoms with E-state index in [1.165, 1.54) is 12.1 Å². The van der Waals surface area contributed by atoms with Crippen molar-refractivity contribution in [1.29, 1.82) is 0 Å². The van der Waals surface area contributed by atoms with Crippen LogP contribution in [0.4, 0.5) is 4.79 Å². The number of alkyl carbamates (subject to hydrolysis) is 1. The van der Waals surface area contributed by atoms with E-state index in [1.807, 2.05) is 27.7 Å². The molecule has 0 radical (unpaired) electrons. The largest absolute Gasteiger partial charge is 0.444 e. The molecular weight excluding hydrogens is 310 g/mol. The molecule has 2 N–H and O–H groups in total. The molecule has 1 heterocycles. The number of nitrogens with zero attached hydrogens (tertiary/aromatic N) is 1. The molecule has 5 nitrogen and oxygen atoms in total. The van der Waals surface area contributed by atoms with Crippen molar-refractivity contribution in [2.24, 2.45) is 0 Å². The Hall–Kier alpha value is -1.14. The van der Waals surface area contributed by atoms with Crippen molar-refractivity contribution in [3.8, 4) is 0 Å². The normalized spacial score (nSPS) is 21.9. The van der Waals surface area contributed by atoms with Crippen LogP contribution in [0.15, 0.2) is 5.38 Å². The third-order valence-electron chi connectivity index (χ3n) is 3.88. The molecule has 1 aliphatic rings. The zero-order chi connectivity index (χ0) is 16.9. The van der Waals surface area contributed by atoms with Crippen molar-refractivity contribution in [2.45, 2.75) is 77.5 Å². The fourth-order valence-corrected chi connectivity index (χ4v) is 3.56. The SMILES string of the molecule is Cc1nc(CCNC2CCCC(NC(=O)OC(C)(C)C)C2)cs1. The summed E-state index contributed by atoms with van der Waals surface area (Å²) < 4.78 is 5.34. The lowest BCUT2D eigenvalue weighted by atomic mass is 9.91. The number of carbonyl (C=O) groups is 1. The molecule has 1 amide bonds. The summed E-state index contributed by atoms with van der Waals surface area (Å²) in [5.41, 5.74) is 0.724. The summed E-state index contributed by atoms with van der Waals surface area (Å²) in [6, 6.07) is 0.668. The molecule has 2 atom stereocenters. The molecule has 1 aromatic rings. The maximum atomic E-state index is 11.9. The molecule has 0 aromatic carbocycles. The first-order valence-corrected chi connectivity index (χ1v) is 9.34. The molecule has 0 spiro atoms. The predicted octanol–water partition coefficient (Wildman–Crippen LogP) is 3.42. The summed E-state index contributed by atoms with van der Waals surface area (Å²) >= 11 is 1.70. The lowest BCUT2D eigenvalue weighted by Gasteiger charge is -2.31. The number of ether oxygens (including phenoxy) is 1. The van der Waals surface area contributed by atoms with Crippen LogP contribution >= 0.6 is 11.3 Å². The van der Waals surface area contributed by atoms with Crippen LogP contribution in [0.5, 0.6) is 0 Å². The number of carbonyl (C=O) groups excluding carboxylic acids is 1. The minimum atomic E-state index is -0.442. The molecular formula is C17H29N3O2S. The average molecular weight is 340 g/mol. The zero-order valence-electron chi connectivity index (χ0n) is 14.6. The fraction of sp³-hybridized carbons (Fsp3) is 0.765. The van der Waals surface area contributed by atoms with Crippen molar-refractivity contribution in [2.75, 3.05) is 6.54 Å². The number of hydrogen-bond donors (Lipinski definition) is 2. The van der Waals surface area contributed by atoms with Crippen LogP contribution < -0.4 is 10.6 Å². The number of nitrogens with one attached hydrogen (secondary N) is 2. The summed E-state index contributed by atoms with van der Waals surface area (Å²) in [7, 11) is 0. The van der Waals surface area contributed by atoms with Gasteiger partial charge in [0.2, 0.25) is 0 Å². The van der Waals surface area contributed by atoms with Gasteiger partial charge in [0.25, 0.3) is 0 Å². The van der Waals surface area contributed by atoms with E-state index in [4.69, 9.17) is 4.74 Å². The standard InChI is InChI=1S/C17H29N3O2S/c1-12-19-15(11-23-12)8-9-18-13-6-5-7-14(10-13)20-16(21)22-17(2,3)4/h11,13-14,18H,5-10H2,1-4H3,(H,20,21). The van der Waals surface area contributed by atoms with Crippen molar-refractivity contribution in [1.82, 2.24) is 15.6 Å². The highest BCUT2D eigenvalue weighted by Gasteiger charge is 2.25. The zero-order valence-corrected chi connectivity index (χ0v) is 15.5. The second-order valence-electron chi connectivity index (χ2n) is 7.27. The quantitative estimate of drug-likeness (QED) is 0.863. The Labute approximate surface area is 143 Å². The van der Waals surface area contributed by atoms with Crippen LogP contribution in [0.2, 0.25) is 0 Å². The van der Waals surface area contributed by atoms with Crippen molar-refractivity contribution in [3.63, 3.8) is 0 Å². The summed E-state index contributed by atoms with van der Waals surface area (Å²) in [6.45, 7) is 8.64. The van der Waals surface area contributed by atoms with Crippen LogP contribution in [0.1, 0.15) is 57.2 Å². The predicted molar refractivity (Wildman–Crippen MR) is 94.0 cm³/mol. The number of thiazole rings is 1. The van der Waals surface area contributed by atoms with Gasteiger partial charge in [-0.1, -0.05) is 0 Å². The maximum absolute atomic E-state index is 11.9. The van der Waals surface area contributed by atoms with Crippen molar-refractivity contribution >= 4 is 17.4 Å². The lowest BCUT2D eigenvalue weighted by Crippen LogP contribution is -2.46. The van der Waals surface area contributed by atoms with Gasteiger partial charge in [0.05, 0.1) is 10.7 Å². The maximum Gasteiger partial charge on any atom is 0.407 e. The van der Waals surface area contributed by atoms with Gasteiger partial charge in [0.1, 0.15) is 5.60 Å². The molecule has 1 fully saturated rings. The van der Waals surface area contributed by atoms with E-state index in [1.54, 1.807) is 11.3 Å². The minimum absolute atomic E-state index is 0.206. The topological polar surface area (TPSA) is 63.2 Å². The number of aryl methyl sites for hydroxylation is 1. The minimum Gasteiger partial charge on any atom is -0.444 e. The van der Waals surface area contributed by atoms with Crippen LogP contribution in [0.25, 0.3) is 0 Å². The highest BCUT2D eigenvalue weighted by Crippen LogP contribution is 2.19. The molecule has 1 saturated carbocycles. The van der Waals surface area contributed by atoms with Gasteiger partial charge in [-0.2, -0.15) is 0 Å². The Morgan fingerprint density at radius 2 is 2.13 bits per heavy atom. The van der Waals surface area contributed by atoms with Crippen LogP contribution in [-0.4, -0.2) is 35.3 Å². The van der Waals surface area contributed by atoms with Gasteiger partial charge >= 0.3 is 6.09 Å². The van der Waals surface area contributed by atoms with Gasteiger partial charge in [-0.05, 0) is 53.4 Å². The molecule has 1 aromatic heterocycles. The first kappa shape index (κ1) is 18.2. The van der Waals surface area contributed by atoms with Crippen LogP contribution in [0.3, 0.4) is 0 Å². The molecule has 1 aliphatic carbocycles. The number of amides is 1. The van der Waals surface area contributed by atoms with Gasteiger partial charge in [0.15, 0.2) is 0 Å². The summed E-state index contributed by atoms with van der Waals surface area (Å²) in [6.07, 6.45) is 4.96. The first-order chi connectivity index (χ1) is 10.8. The summed E-state index contributed by atoms with van der Waals surface area (Å²) in [5, 5.41) is 9.86. The molecule has 2 unspecified atom stereocenters. The molecule has 2 rings (SSSR count). The fourth-order valence-electron chi connectivity index (χ4n) is 2.91. The van der Waals surface area contributed by atoms with Gasteiger partial charge in [-0.15, -0.1) is 11.3 Å². The molecule has 23 heavy (non-hydrogen) atoms. The highest BCUT2D eigenvalue weighted by atomic mass is 32.1. The van der Waals surface area contributed by atoms with E-state index in [9.17, 15) is 4.79 Å². The monoisotopic (exact) mass is 339 g/mol. The second kappa shape index (κ2) is 8.11. The molecule has 130 valence electrons. The first-order valence-electron chi connectivity index (χ1n) is 8.46. The molecule has 0 bridgehead atoms. The average Bonchev–Trinajstić information content (AvgIpc) is 2.82. The number of rotatable bonds is 5. The van der Waals surface area contributed by atoms with E-state index in [0.717, 1.165) is 37.2 Å². The third kappa shape index (κ3) is 6.87. The highest BCUT2D eigenvalue weighted by molar-refractivity contribution is 7.09.